The van der Waals surface area contributed by atoms with Crippen LogP contribution in [0.4, 0.5) is 0 Å². The summed E-state index contributed by atoms with van der Waals surface area (Å²) < 4.78 is 5.57. The van der Waals surface area contributed by atoms with Crippen LogP contribution in [-0.2, 0) is 20.7 Å². The first kappa shape index (κ1) is 19.3. The summed E-state index contributed by atoms with van der Waals surface area (Å²) in [6.45, 7) is 0.556. The molecule has 150 valence electrons. The molecule has 4 rings (SSSR count). The van der Waals surface area contributed by atoms with Gasteiger partial charge >= 0.3 is 0 Å². The minimum absolute atomic E-state index is 0.0544. The van der Waals surface area contributed by atoms with Gasteiger partial charge in [-0.25, -0.2) is 0 Å². The van der Waals surface area contributed by atoms with Gasteiger partial charge in [0.25, 0.3) is 5.91 Å². The van der Waals surface area contributed by atoms with Gasteiger partial charge in [0.1, 0.15) is 18.7 Å². The Labute approximate surface area is 169 Å². The molecule has 6 nitrogen and oxygen atoms in total. The molecular formula is C23H24N2O4. The van der Waals surface area contributed by atoms with Gasteiger partial charge in [-0.2, -0.15) is 0 Å². The summed E-state index contributed by atoms with van der Waals surface area (Å²) in [6.07, 6.45) is 1.69. The monoisotopic (exact) mass is 392 g/mol. The van der Waals surface area contributed by atoms with Crippen LogP contribution in [0, 0.1) is 0 Å². The zero-order chi connectivity index (χ0) is 20.2. The van der Waals surface area contributed by atoms with Crippen molar-refractivity contribution in [3.8, 4) is 0 Å². The van der Waals surface area contributed by atoms with Crippen LogP contribution in [0.5, 0.6) is 0 Å². The first-order chi connectivity index (χ1) is 14.1. The fourth-order valence-corrected chi connectivity index (χ4v) is 4.12. The number of nitrogens with one attached hydrogen (secondary N) is 1. The van der Waals surface area contributed by atoms with E-state index in [1.54, 1.807) is 29.2 Å². The lowest BCUT2D eigenvalue weighted by Gasteiger charge is -2.37. The van der Waals surface area contributed by atoms with E-state index in [2.05, 4.69) is 5.32 Å². The second-order valence-corrected chi connectivity index (χ2v) is 7.52. The van der Waals surface area contributed by atoms with Crippen molar-refractivity contribution in [2.75, 3.05) is 13.2 Å². The number of amides is 2. The number of benzene rings is 2. The molecule has 2 aromatic rings. The quantitative estimate of drug-likeness (QED) is 0.844. The van der Waals surface area contributed by atoms with Crippen LogP contribution in [0.15, 0.2) is 60.7 Å². The zero-order valence-electron chi connectivity index (χ0n) is 16.1. The summed E-state index contributed by atoms with van der Waals surface area (Å²) in [5, 5.41) is 2.89. The number of nitrogens with zero attached hydrogens (tertiary/aromatic N) is 1. The Bertz CT molecular complexity index is 884. The third-order valence-electron chi connectivity index (χ3n) is 5.55. The van der Waals surface area contributed by atoms with Crippen LogP contribution < -0.4 is 5.32 Å². The smallest absolute Gasteiger partial charge is 0.251 e. The molecule has 0 aromatic heterocycles. The van der Waals surface area contributed by atoms with Gasteiger partial charge in [-0.05, 0) is 30.5 Å². The van der Waals surface area contributed by atoms with E-state index in [0.29, 0.717) is 18.5 Å². The Morgan fingerprint density at radius 2 is 1.76 bits per heavy atom. The highest BCUT2D eigenvalue weighted by Gasteiger charge is 2.45. The van der Waals surface area contributed by atoms with Crippen LogP contribution >= 0.6 is 0 Å². The van der Waals surface area contributed by atoms with Crippen molar-refractivity contribution >= 4 is 17.6 Å². The summed E-state index contributed by atoms with van der Waals surface area (Å²) in [4.78, 5) is 40.2. The van der Waals surface area contributed by atoms with Crippen LogP contribution in [0.25, 0.3) is 0 Å². The van der Waals surface area contributed by atoms with Gasteiger partial charge in [0.15, 0.2) is 5.78 Å². The van der Waals surface area contributed by atoms with E-state index < -0.39 is 12.1 Å². The molecule has 2 aromatic carbocycles. The molecule has 3 unspecified atom stereocenters. The lowest BCUT2D eigenvalue weighted by molar-refractivity contribution is -0.142. The molecule has 6 heteroatoms. The van der Waals surface area contributed by atoms with Gasteiger partial charge in [-0.1, -0.05) is 48.5 Å². The average molecular weight is 392 g/mol. The number of ketones is 1. The maximum Gasteiger partial charge on any atom is 0.251 e. The third kappa shape index (κ3) is 4.22. The Hall–Kier alpha value is -2.99. The van der Waals surface area contributed by atoms with Crippen molar-refractivity contribution < 1.29 is 19.1 Å². The number of carbonyl (C=O) groups excluding carboxylic acids is 3. The zero-order valence-corrected chi connectivity index (χ0v) is 16.1. The number of Topliss-reactive ketones (excluding diaryl/α,β-unsaturated/α-hetero) is 1. The minimum Gasteiger partial charge on any atom is -0.368 e. The molecule has 29 heavy (non-hydrogen) atoms. The third-order valence-corrected chi connectivity index (χ3v) is 5.55. The predicted octanol–water partition coefficient (Wildman–Crippen LogP) is 1.99. The van der Waals surface area contributed by atoms with Gasteiger partial charge in [0.2, 0.25) is 5.91 Å². The summed E-state index contributed by atoms with van der Waals surface area (Å²) in [5.41, 5.74) is 1.44. The number of hydrogen-bond donors (Lipinski definition) is 1. The Morgan fingerprint density at radius 1 is 1.07 bits per heavy atom. The molecule has 0 spiro atoms. The molecule has 3 atom stereocenters. The van der Waals surface area contributed by atoms with Crippen molar-refractivity contribution in [3.63, 3.8) is 0 Å². The van der Waals surface area contributed by atoms with E-state index in [4.69, 9.17) is 4.74 Å². The largest absolute Gasteiger partial charge is 0.368 e. The standard InChI is InChI=1S/C23H24N2O4/c26-19-15-29-20-12-7-13-25(21(19)20)23(28)18(14-16-8-3-1-4-9-16)24-22(27)17-10-5-2-6-11-17/h1-6,8-11,18,20-21H,7,12-15H2,(H,24,27). The molecule has 2 fully saturated rings. The molecule has 0 bridgehead atoms. The number of hydrogen-bond acceptors (Lipinski definition) is 4. The molecule has 2 aliphatic rings. The van der Waals surface area contributed by atoms with Gasteiger partial charge < -0.3 is 15.0 Å². The second-order valence-electron chi connectivity index (χ2n) is 7.52. The predicted molar refractivity (Wildman–Crippen MR) is 107 cm³/mol. The van der Waals surface area contributed by atoms with Crippen LogP contribution in [0.1, 0.15) is 28.8 Å². The maximum absolute atomic E-state index is 13.5. The normalized spacial score (nSPS) is 22.1. The first-order valence-electron chi connectivity index (χ1n) is 9.98. The lowest BCUT2D eigenvalue weighted by atomic mass is 9.95. The summed E-state index contributed by atoms with van der Waals surface area (Å²) in [6, 6.07) is 17.1. The summed E-state index contributed by atoms with van der Waals surface area (Å²) >= 11 is 0. The molecule has 0 radical (unpaired) electrons. The Balaban J connectivity index is 1.57. The molecule has 2 amide bonds. The Kier molecular flexibility index (Phi) is 5.71. The number of piperidine rings is 1. The van der Waals surface area contributed by atoms with Gasteiger partial charge in [0, 0.05) is 18.5 Å². The number of likely N-dealkylation sites (tertiary alicyclic amines) is 1. The van der Waals surface area contributed by atoms with E-state index in [9.17, 15) is 14.4 Å². The lowest BCUT2D eigenvalue weighted by Crippen LogP contribution is -2.58. The number of rotatable bonds is 5. The van der Waals surface area contributed by atoms with E-state index in [1.165, 1.54) is 0 Å². The van der Waals surface area contributed by atoms with Gasteiger partial charge in [-0.3, -0.25) is 14.4 Å². The molecular weight excluding hydrogens is 368 g/mol. The van der Waals surface area contributed by atoms with Gasteiger partial charge in [0.05, 0.1) is 6.10 Å². The maximum atomic E-state index is 13.5. The van der Waals surface area contributed by atoms with Crippen molar-refractivity contribution in [2.45, 2.75) is 37.5 Å². The molecule has 0 aliphatic carbocycles. The van der Waals surface area contributed by atoms with Crippen molar-refractivity contribution in [2.24, 2.45) is 0 Å². The topological polar surface area (TPSA) is 75.7 Å². The van der Waals surface area contributed by atoms with Gasteiger partial charge in [-0.15, -0.1) is 0 Å². The van der Waals surface area contributed by atoms with E-state index in [0.717, 1.165) is 18.4 Å². The first-order valence-corrected chi connectivity index (χ1v) is 9.98. The second kappa shape index (κ2) is 8.57. The van der Waals surface area contributed by atoms with Crippen molar-refractivity contribution in [1.29, 1.82) is 0 Å². The van der Waals surface area contributed by atoms with Crippen molar-refractivity contribution in [1.82, 2.24) is 10.2 Å². The van der Waals surface area contributed by atoms with Crippen LogP contribution in [0.3, 0.4) is 0 Å². The highest BCUT2D eigenvalue weighted by molar-refractivity contribution is 5.99. The van der Waals surface area contributed by atoms with Crippen LogP contribution in [0.2, 0.25) is 0 Å². The highest BCUT2D eigenvalue weighted by atomic mass is 16.5. The highest BCUT2D eigenvalue weighted by Crippen LogP contribution is 2.27. The molecule has 2 aliphatic heterocycles. The van der Waals surface area contributed by atoms with Crippen LogP contribution in [-0.4, -0.2) is 53.8 Å². The SMILES string of the molecule is O=C(NC(Cc1ccccc1)C(=O)N1CCCC2OCC(=O)C21)c1ccccc1. The van der Waals surface area contributed by atoms with E-state index in [-0.39, 0.29) is 30.3 Å². The Morgan fingerprint density at radius 3 is 2.48 bits per heavy atom. The molecule has 2 saturated heterocycles. The average Bonchev–Trinajstić information content (AvgIpc) is 3.15. The van der Waals surface area contributed by atoms with E-state index >= 15 is 0 Å². The number of carbonyl (C=O) groups is 3. The minimum atomic E-state index is -0.753. The molecule has 0 saturated carbocycles. The number of fused-ring (bicyclic) bond motifs is 1. The summed E-state index contributed by atoms with van der Waals surface area (Å²) in [7, 11) is 0. The molecule has 2 heterocycles. The fraction of sp³-hybridized carbons (Fsp3) is 0.348. The van der Waals surface area contributed by atoms with Crippen molar-refractivity contribution in [3.05, 3.63) is 71.8 Å². The summed E-state index contributed by atoms with van der Waals surface area (Å²) in [5.74, 6) is -0.593. The number of ether oxygens (including phenoxy) is 1. The fourth-order valence-electron chi connectivity index (χ4n) is 4.12. The van der Waals surface area contributed by atoms with E-state index in [1.807, 2.05) is 36.4 Å². The molecule has 1 N–H and O–H groups in total.